The molecule has 3 aromatic carbocycles. The van der Waals surface area contributed by atoms with Crippen LogP contribution in [0.25, 0.3) is 54.4 Å². The zero-order chi connectivity index (χ0) is 36.4. The van der Waals surface area contributed by atoms with Crippen molar-refractivity contribution in [3.63, 3.8) is 0 Å². The maximum absolute atomic E-state index is 12.2. The summed E-state index contributed by atoms with van der Waals surface area (Å²) >= 11 is 1.81. The molecule has 1 N–H and O–H groups in total. The van der Waals surface area contributed by atoms with Gasteiger partial charge in [-0.3, -0.25) is 9.78 Å². The molecule has 6 aromatic rings. The number of ketones is 1. The summed E-state index contributed by atoms with van der Waals surface area (Å²) in [4.78, 5) is 18.2. The van der Waals surface area contributed by atoms with E-state index in [1.807, 2.05) is 65.1 Å². The maximum Gasteiger partial charge on any atom is 0.164 e. The van der Waals surface area contributed by atoms with Gasteiger partial charge in [-0.2, -0.15) is 0 Å². The van der Waals surface area contributed by atoms with Crippen molar-refractivity contribution >= 4 is 48.9 Å². The average molecular weight is 879 g/mol. The van der Waals surface area contributed by atoms with Gasteiger partial charge in [-0.05, 0) is 56.2 Å². The zero-order valence-electron chi connectivity index (χ0n) is 31.8. The molecule has 0 aliphatic heterocycles. The molecule has 0 amide bonds. The van der Waals surface area contributed by atoms with Gasteiger partial charge in [0.05, 0.1) is 0 Å². The number of rotatable bonds is 9. The number of hydrogen-bond acceptors (Lipinski definition) is 5. The number of aliphatic hydroxyl groups excluding tert-OH is 1. The Morgan fingerprint density at radius 3 is 2.08 bits per heavy atom. The first-order valence-corrected chi connectivity index (χ1v) is 18.8. The van der Waals surface area contributed by atoms with Crippen LogP contribution in [0.5, 0.6) is 0 Å². The fourth-order valence-electron chi connectivity index (χ4n) is 6.44. The number of carbonyl (C=O) groups is 1. The van der Waals surface area contributed by atoms with Gasteiger partial charge in [-0.15, -0.1) is 40.5 Å². The minimum absolute atomic E-state index is 0. The smallest absolute Gasteiger partial charge is 0.164 e. The van der Waals surface area contributed by atoms with E-state index in [0.29, 0.717) is 0 Å². The molecule has 0 atom stereocenters. The van der Waals surface area contributed by atoms with Crippen LogP contribution < -0.4 is 0 Å². The third-order valence-electron chi connectivity index (χ3n) is 10.9. The van der Waals surface area contributed by atoms with Crippen LogP contribution in [0.1, 0.15) is 98.4 Å². The number of aryl methyl sites for hydroxylation is 1. The van der Waals surface area contributed by atoms with Gasteiger partial charge >= 0.3 is 0 Å². The van der Waals surface area contributed by atoms with Crippen LogP contribution in [0.2, 0.25) is 0 Å². The second kappa shape index (κ2) is 16.0. The number of nitrogens with zero attached hydrogens (tertiary/aromatic N) is 1. The molecular formula is C45H52IrNO3S-. The molecular weight excluding hydrogens is 827 g/mol. The van der Waals surface area contributed by atoms with Crippen LogP contribution in [-0.4, -0.2) is 15.9 Å². The van der Waals surface area contributed by atoms with Crippen molar-refractivity contribution in [2.45, 2.75) is 100 Å². The molecule has 6 heteroatoms. The Balaban J connectivity index is 0.000000279. The summed E-state index contributed by atoms with van der Waals surface area (Å²) in [7, 11) is 0. The van der Waals surface area contributed by atoms with Crippen molar-refractivity contribution in [2.24, 2.45) is 10.8 Å². The van der Waals surface area contributed by atoms with Crippen LogP contribution >= 0.6 is 11.3 Å². The molecule has 271 valence electrons. The average Bonchev–Trinajstić information content (AvgIpc) is 3.69. The first-order valence-electron chi connectivity index (χ1n) is 18.0. The first-order chi connectivity index (χ1) is 23.7. The van der Waals surface area contributed by atoms with Crippen molar-refractivity contribution in [3.8, 4) is 22.6 Å². The fourth-order valence-corrected chi connectivity index (χ4v) is 7.51. The van der Waals surface area contributed by atoms with Crippen molar-refractivity contribution in [1.82, 2.24) is 4.98 Å². The molecule has 0 unspecified atom stereocenters. The van der Waals surface area contributed by atoms with E-state index in [4.69, 9.17) is 9.40 Å². The van der Waals surface area contributed by atoms with E-state index < -0.39 is 0 Å². The van der Waals surface area contributed by atoms with E-state index in [1.54, 1.807) is 0 Å². The van der Waals surface area contributed by atoms with Gasteiger partial charge in [0.2, 0.25) is 0 Å². The number of fused-ring (bicyclic) bond motifs is 3. The van der Waals surface area contributed by atoms with Gasteiger partial charge in [0.25, 0.3) is 0 Å². The van der Waals surface area contributed by atoms with E-state index in [9.17, 15) is 9.90 Å². The van der Waals surface area contributed by atoms with E-state index in [-0.39, 0.29) is 47.9 Å². The molecule has 51 heavy (non-hydrogen) atoms. The van der Waals surface area contributed by atoms with Crippen molar-refractivity contribution in [3.05, 3.63) is 101 Å². The van der Waals surface area contributed by atoms with E-state index in [1.165, 1.54) is 37.6 Å². The zero-order valence-corrected chi connectivity index (χ0v) is 35.0. The summed E-state index contributed by atoms with van der Waals surface area (Å²) < 4.78 is 7.68. The van der Waals surface area contributed by atoms with Crippen molar-refractivity contribution in [2.75, 3.05) is 0 Å². The number of furan rings is 1. The van der Waals surface area contributed by atoms with Crippen LogP contribution in [0.15, 0.2) is 89.2 Å². The predicted molar refractivity (Wildman–Crippen MR) is 213 cm³/mol. The summed E-state index contributed by atoms with van der Waals surface area (Å²) in [6, 6.07) is 27.0. The van der Waals surface area contributed by atoms with E-state index in [0.717, 1.165) is 59.1 Å². The Morgan fingerprint density at radius 2 is 1.45 bits per heavy atom. The number of benzene rings is 3. The van der Waals surface area contributed by atoms with Gasteiger partial charge in [0.1, 0.15) is 17.1 Å². The van der Waals surface area contributed by atoms with Gasteiger partial charge in [-0.1, -0.05) is 110 Å². The molecule has 0 saturated carbocycles. The van der Waals surface area contributed by atoms with Crippen molar-refractivity contribution in [1.29, 1.82) is 0 Å². The number of hydrogen-bond donors (Lipinski definition) is 1. The molecule has 0 bridgehead atoms. The van der Waals surface area contributed by atoms with Gasteiger partial charge in [0.15, 0.2) is 5.78 Å². The molecule has 4 nitrogen and oxygen atoms in total. The summed E-state index contributed by atoms with van der Waals surface area (Å²) in [5.41, 5.74) is 4.65. The largest absolute Gasteiger partial charge is 0.512 e. The number of thiophene rings is 1. The second-order valence-electron chi connectivity index (χ2n) is 15.0. The van der Waals surface area contributed by atoms with Crippen LogP contribution in [0.4, 0.5) is 0 Å². The molecule has 6 rings (SSSR count). The Labute approximate surface area is 321 Å². The quantitative estimate of drug-likeness (QED) is 0.0893. The third-order valence-corrected chi connectivity index (χ3v) is 12.0. The number of aliphatic hydroxyl groups is 1. The van der Waals surface area contributed by atoms with Crippen LogP contribution in [0.3, 0.4) is 0 Å². The third kappa shape index (κ3) is 8.09. The van der Waals surface area contributed by atoms with E-state index >= 15 is 0 Å². The number of pyridine rings is 1. The molecule has 3 heterocycles. The summed E-state index contributed by atoms with van der Waals surface area (Å²) in [6.07, 6.45) is 6.59. The Bertz CT molecular complexity index is 2170. The van der Waals surface area contributed by atoms with E-state index in [2.05, 4.69) is 94.4 Å². The molecule has 0 fully saturated rings. The molecule has 0 spiro atoms. The molecule has 0 saturated heterocycles. The summed E-state index contributed by atoms with van der Waals surface area (Å²) in [6.45, 7) is 21.0. The molecule has 1 radical (unpaired) electrons. The Morgan fingerprint density at radius 1 is 0.843 bits per heavy atom. The summed E-state index contributed by atoms with van der Waals surface area (Å²) in [5.74, 6) is 1.18. The monoisotopic (exact) mass is 879 g/mol. The first kappa shape index (κ1) is 40.2. The standard InChI is InChI=1S/C30H24NOS.C15H28O2.Ir/c1-18-28(22-11-7-8-12-27(22)33-18)26-17-23-25(32-26)13-14-31-29(23)20-15-19-9-5-6-10-21(19)24(16-20)30(2,3)4;1-7-14(5,8-2)12(16)11-13(17)15(6,9-3)10-4;/h5-14,16-17H,1-4H3;11,16H,7-10H2,1-6H3;/q-1;;/b;12-11-;. The maximum atomic E-state index is 12.2. The number of aromatic nitrogens is 1. The van der Waals surface area contributed by atoms with Crippen LogP contribution in [-0.2, 0) is 30.3 Å². The van der Waals surface area contributed by atoms with Gasteiger partial charge < -0.3 is 9.52 Å². The number of allylic oxidation sites excluding steroid dienone is 2. The predicted octanol–water partition coefficient (Wildman–Crippen LogP) is 13.6. The SMILES string of the molecule is CCC(C)(CC)C(=O)/C=C(\O)C(C)(CC)CC.Cc1sc2ccccc2c1-c1cc2c(-c3[c-]c4ccccc4c(C(C)(C)C)c3)nccc2o1.[Ir]. The Hall–Kier alpha value is -3.57. The summed E-state index contributed by atoms with van der Waals surface area (Å²) in [5, 5.41) is 14.7. The minimum atomic E-state index is -0.337. The fraction of sp³-hybridized carbons (Fsp3) is 0.378. The molecule has 0 aliphatic rings. The van der Waals surface area contributed by atoms with Crippen LogP contribution in [0, 0.1) is 23.8 Å². The Kier molecular flexibility index (Phi) is 12.6. The topological polar surface area (TPSA) is 63.3 Å². The van der Waals surface area contributed by atoms with Gasteiger partial charge in [-0.25, -0.2) is 0 Å². The normalized spacial score (nSPS) is 12.5. The molecule has 0 aliphatic carbocycles. The van der Waals surface area contributed by atoms with Gasteiger partial charge in [0, 0.05) is 74.8 Å². The number of carbonyl (C=O) groups excluding carboxylic acids is 1. The molecule has 3 aromatic heterocycles. The second-order valence-corrected chi connectivity index (χ2v) is 16.3. The van der Waals surface area contributed by atoms with Crippen molar-refractivity contribution < 1.29 is 34.4 Å². The minimum Gasteiger partial charge on any atom is -0.512 e.